The van der Waals surface area contributed by atoms with E-state index in [2.05, 4.69) is 5.16 Å². The third-order valence-corrected chi connectivity index (χ3v) is 4.80. The highest BCUT2D eigenvalue weighted by Gasteiger charge is 2.46. The Kier molecular flexibility index (Phi) is 6.61. The summed E-state index contributed by atoms with van der Waals surface area (Å²) in [7, 11) is -5.61. The van der Waals surface area contributed by atoms with Crippen molar-refractivity contribution in [2.24, 2.45) is 5.16 Å². The Morgan fingerprint density at radius 2 is 1.81 bits per heavy atom. The molecule has 2 rings (SSSR count). The lowest BCUT2D eigenvalue weighted by Gasteiger charge is -2.15. The summed E-state index contributed by atoms with van der Waals surface area (Å²) in [5, 5.41) is 4.49. The van der Waals surface area contributed by atoms with Crippen LogP contribution in [0.15, 0.2) is 47.6 Å². The van der Waals surface area contributed by atoms with Gasteiger partial charge in [0.2, 0.25) is 0 Å². The normalized spacial score (nSPS) is 12.7. The number of oxime groups is 1. The van der Waals surface area contributed by atoms with Gasteiger partial charge in [-0.2, -0.15) is 21.6 Å². The molecule has 0 aliphatic carbocycles. The van der Waals surface area contributed by atoms with Gasteiger partial charge in [0.05, 0.1) is 11.4 Å². The number of rotatable bonds is 6. The van der Waals surface area contributed by atoms with Crippen molar-refractivity contribution in [1.29, 1.82) is 0 Å². The summed E-state index contributed by atoms with van der Waals surface area (Å²) in [5.41, 5.74) is -5.56. The summed E-state index contributed by atoms with van der Waals surface area (Å²) in [4.78, 5) is 5.25. The average molecular weight is 441 g/mol. The van der Waals surface area contributed by atoms with Gasteiger partial charge in [-0.15, -0.1) is 0 Å². The SMILES string of the molecule is CC/C(=N\Oc1cccc(Cl)c1)c1cc(Cl)ccc1NS(=O)(=O)C(F)(F)F. The van der Waals surface area contributed by atoms with Crippen molar-refractivity contribution in [2.45, 2.75) is 18.9 Å². The van der Waals surface area contributed by atoms with E-state index in [4.69, 9.17) is 28.0 Å². The van der Waals surface area contributed by atoms with E-state index in [0.29, 0.717) is 10.8 Å². The highest BCUT2D eigenvalue weighted by molar-refractivity contribution is 7.93. The summed E-state index contributed by atoms with van der Waals surface area (Å²) in [6.07, 6.45) is 0.224. The maximum absolute atomic E-state index is 12.7. The van der Waals surface area contributed by atoms with E-state index in [0.717, 1.165) is 6.07 Å². The van der Waals surface area contributed by atoms with Gasteiger partial charge in [0.25, 0.3) is 0 Å². The quantitative estimate of drug-likeness (QED) is 0.479. The van der Waals surface area contributed by atoms with Crippen molar-refractivity contribution < 1.29 is 26.4 Å². The standard InChI is InChI=1S/C16H13Cl2F3N2O3S/c1-2-14(22-26-12-5-3-4-10(17)8-12)13-9-11(18)6-7-15(13)23-27(24,25)16(19,20)21/h3-9,23H,2H2,1H3/b22-14+. The Morgan fingerprint density at radius 3 is 2.41 bits per heavy atom. The Morgan fingerprint density at radius 1 is 1.15 bits per heavy atom. The number of alkyl halides is 3. The van der Waals surface area contributed by atoms with Crippen LogP contribution in [0.2, 0.25) is 10.0 Å². The van der Waals surface area contributed by atoms with Crippen molar-refractivity contribution in [2.75, 3.05) is 4.72 Å². The van der Waals surface area contributed by atoms with Gasteiger partial charge in [-0.05, 0) is 36.8 Å². The molecule has 0 amide bonds. The van der Waals surface area contributed by atoms with Gasteiger partial charge in [0.1, 0.15) is 0 Å². The molecule has 0 heterocycles. The second kappa shape index (κ2) is 8.37. The zero-order valence-electron chi connectivity index (χ0n) is 13.7. The largest absolute Gasteiger partial charge is 0.516 e. The third kappa shape index (κ3) is 5.50. The molecule has 5 nitrogen and oxygen atoms in total. The Bertz CT molecular complexity index is 964. The Balaban J connectivity index is 2.42. The van der Waals surface area contributed by atoms with E-state index in [-0.39, 0.29) is 28.4 Å². The van der Waals surface area contributed by atoms with Gasteiger partial charge < -0.3 is 4.84 Å². The number of nitrogens with one attached hydrogen (secondary N) is 1. The van der Waals surface area contributed by atoms with E-state index in [9.17, 15) is 21.6 Å². The zero-order chi connectivity index (χ0) is 20.2. The van der Waals surface area contributed by atoms with Crippen LogP contribution in [0.25, 0.3) is 0 Å². The smallest absolute Gasteiger partial charge is 0.357 e. The third-order valence-electron chi connectivity index (χ3n) is 3.23. The van der Waals surface area contributed by atoms with E-state index in [1.807, 2.05) is 0 Å². The second-order valence-corrected chi connectivity index (χ2v) is 7.73. The first-order valence-electron chi connectivity index (χ1n) is 7.42. The molecule has 0 bridgehead atoms. The van der Waals surface area contributed by atoms with Gasteiger partial charge in [0.15, 0.2) is 5.75 Å². The van der Waals surface area contributed by atoms with Crippen molar-refractivity contribution in [3.05, 3.63) is 58.1 Å². The lowest BCUT2D eigenvalue weighted by Crippen LogP contribution is -2.30. The molecule has 11 heteroatoms. The molecular formula is C16H13Cl2F3N2O3S. The molecule has 0 saturated heterocycles. The fraction of sp³-hybridized carbons (Fsp3) is 0.188. The first kappa shape index (κ1) is 21.3. The Labute approximate surface area is 163 Å². The van der Waals surface area contributed by atoms with Gasteiger partial charge in [0, 0.05) is 21.7 Å². The molecule has 0 fully saturated rings. The van der Waals surface area contributed by atoms with E-state index >= 15 is 0 Å². The molecule has 146 valence electrons. The predicted molar refractivity (Wildman–Crippen MR) is 99.0 cm³/mol. The minimum Gasteiger partial charge on any atom is -0.357 e. The molecule has 0 aliphatic rings. The summed E-state index contributed by atoms with van der Waals surface area (Å²) in [6, 6.07) is 9.98. The second-order valence-electron chi connectivity index (χ2n) is 5.18. The average Bonchev–Trinajstić information content (AvgIpc) is 2.56. The fourth-order valence-corrected chi connectivity index (χ4v) is 2.92. The molecule has 27 heavy (non-hydrogen) atoms. The molecule has 0 saturated carbocycles. The monoisotopic (exact) mass is 440 g/mol. The van der Waals surface area contributed by atoms with Gasteiger partial charge in [-0.3, -0.25) is 4.72 Å². The van der Waals surface area contributed by atoms with Crippen molar-refractivity contribution in [3.63, 3.8) is 0 Å². The molecule has 0 spiro atoms. The molecule has 0 atom stereocenters. The van der Waals surface area contributed by atoms with Crippen LogP contribution in [-0.4, -0.2) is 19.6 Å². The summed E-state index contributed by atoms with van der Waals surface area (Å²) in [5.74, 6) is 0.299. The maximum atomic E-state index is 12.7. The van der Waals surface area contributed by atoms with E-state index in [1.165, 1.54) is 22.9 Å². The number of hydrogen-bond acceptors (Lipinski definition) is 4. The molecule has 0 aromatic heterocycles. The Hall–Kier alpha value is -1.97. The highest BCUT2D eigenvalue weighted by Crippen LogP contribution is 2.29. The van der Waals surface area contributed by atoms with Crippen molar-refractivity contribution >= 4 is 44.6 Å². The maximum Gasteiger partial charge on any atom is 0.516 e. The lowest BCUT2D eigenvalue weighted by atomic mass is 10.1. The molecule has 0 aliphatic heterocycles. The number of sulfonamides is 1. The number of nitrogens with zero attached hydrogens (tertiary/aromatic N) is 1. The molecular weight excluding hydrogens is 428 g/mol. The van der Waals surface area contributed by atoms with Gasteiger partial charge in [-0.25, -0.2) is 0 Å². The first-order chi connectivity index (χ1) is 12.5. The summed E-state index contributed by atoms with van der Waals surface area (Å²) in [6.45, 7) is 1.67. The van der Waals surface area contributed by atoms with Gasteiger partial charge in [-0.1, -0.05) is 41.3 Å². The fourth-order valence-electron chi connectivity index (χ4n) is 1.98. The van der Waals surface area contributed by atoms with Crippen molar-refractivity contribution in [1.82, 2.24) is 0 Å². The van der Waals surface area contributed by atoms with Crippen LogP contribution in [0.4, 0.5) is 18.9 Å². The zero-order valence-corrected chi connectivity index (χ0v) is 16.0. The van der Waals surface area contributed by atoms with Crippen LogP contribution < -0.4 is 9.56 Å². The summed E-state index contributed by atoms with van der Waals surface area (Å²) >= 11 is 11.7. The minimum absolute atomic E-state index is 0.0554. The highest BCUT2D eigenvalue weighted by atomic mass is 35.5. The molecule has 2 aromatic carbocycles. The van der Waals surface area contributed by atoms with Crippen LogP contribution >= 0.6 is 23.2 Å². The van der Waals surface area contributed by atoms with Crippen LogP contribution in [-0.2, 0) is 10.0 Å². The number of halogens is 5. The van der Waals surface area contributed by atoms with Crippen LogP contribution in [0, 0.1) is 0 Å². The summed E-state index contributed by atoms with van der Waals surface area (Å²) < 4.78 is 62.4. The molecule has 0 radical (unpaired) electrons. The first-order valence-corrected chi connectivity index (χ1v) is 9.66. The predicted octanol–water partition coefficient (Wildman–Crippen LogP) is 5.45. The van der Waals surface area contributed by atoms with E-state index < -0.39 is 15.5 Å². The number of hydrogen-bond donors (Lipinski definition) is 1. The molecule has 2 aromatic rings. The molecule has 1 N–H and O–H groups in total. The number of anilines is 1. The van der Waals surface area contributed by atoms with Crippen molar-refractivity contribution in [3.8, 4) is 5.75 Å². The number of benzene rings is 2. The minimum atomic E-state index is -5.61. The lowest BCUT2D eigenvalue weighted by molar-refractivity contribution is -0.0429. The molecule has 0 unspecified atom stereocenters. The van der Waals surface area contributed by atoms with Crippen LogP contribution in [0.3, 0.4) is 0 Å². The van der Waals surface area contributed by atoms with E-state index in [1.54, 1.807) is 25.1 Å². The topological polar surface area (TPSA) is 67.8 Å². The van der Waals surface area contributed by atoms with Crippen LogP contribution in [0.1, 0.15) is 18.9 Å². The van der Waals surface area contributed by atoms with Crippen LogP contribution in [0.5, 0.6) is 5.75 Å². The van der Waals surface area contributed by atoms with Gasteiger partial charge >= 0.3 is 15.5 Å².